The Labute approximate surface area is 117 Å². The molecule has 0 saturated carbocycles. The molecular weight excluding hydrogens is 314 g/mol. The van der Waals surface area contributed by atoms with Crippen molar-refractivity contribution in [2.24, 2.45) is 0 Å². The number of hydrogen-bond acceptors (Lipinski definition) is 3. The van der Waals surface area contributed by atoms with Crippen LogP contribution in [0.3, 0.4) is 0 Å². The van der Waals surface area contributed by atoms with E-state index in [9.17, 15) is 4.79 Å². The minimum Gasteiger partial charge on any atom is -0.478 e. The van der Waals surface area contributed by atoms with Gasteiger partial charge in [0.2, 0.25) is 0 Å². The minimum absolute atomic E-state index is 0.313. The van der Waals surface area contributed by atoms with Crippen molar-refractivity contribution in [3.63, 3.8) is 0 Å². The number of aromatic nitrogens is 1. The van der Waals surface area contributed by atoms with Crippen LogP contribution < -0.4 is 0 Å². The molecule has 92 valence electrons. The van der Waals surface area contributed by atoms with Crippen LogP contribution in [0.1, 0.15) is 15.9 Å². The number of pyridine rings is 1. The quantitative estimate of drug-likeness (QED) is 0.868. The molecule has 0 saturated heterocycles. The Balaban J connectivity index is 2.09. The van der Waals surface area contributed by atoms with Crippen LogP contribution >= 0.6 is 27.7 Å². The zero-order valence-electron chi connectivity index (χ0n) is 9.34. The van der Waals surface area contributed by atoms with Gasteiger partial charge >= 0.3 is 5.97 Å². The molecule has 0 spiro atoms. The summed E-state index contributed by atoms with van der Waals surface area (Å²) in [4.78, 5) is 15.1. The molecule has 0 amide bonds. The molecule has 0 aliphatic rings. The van der Waals surface area contributed by atoms with Crippen molar-refractivity contribution in [1.82, 2.24) is 4.98 Å². The van der Waals surface area contributed by atoms with E-state index < -0.39 is 5.97 Å². The van der Waals surface area contributed by atoms with Crippen LogP contribution in [0.4, 0.5) is 0 Å². The Hall–Kier alpha value is -1.33. The number of carbonyl (C=O) groups is 1. The first-order valence-electron chi connectivity index (χ1n) is 5.22. The fourth-order valence-electron chi connectivity index (χ4n) is 1.42. The van der Waals surface area contributed by atoms with Crippen LogP contribution in [0.5, 0.6) is 0 Å². The fraction of sp³-hybridized carbons (Fsp3) is 0.0769. The molecule has 0 aliphatic carbocycles. The van der Waals surface area contributed by atoms with Gasteiger partial charge in [-0.3, -0.25) is 0 Å². The topological polar surface area (TPSA) is 50.2 Å². The Morgan fingerprint density at radius 2 is 2.17 bits per heavy atom. The normalized spacial score (nSPS) is 10.3. The summed E-state index contributed by atoms with van der Waals surface area (Å²) in [6.45, 7) is 0. The molecule has 5 heteroatoms. The van der Waals surface area contributed by atoms with Gasteiger partial charge in [-0.1, -0.05) is 12.1 Å². The van der Waals surface area contributed by atoms with E-state index in [2.05, 4.69) is 20.9 Å². The molecule has 0 fully saturated rings. The number of carboxylic acids is 1. The maximum atomic E-state index is 10.9. The largest absolute Gasteiger partial charge is 0.478 e. The second kappa shape index (κ2) is 6.02. The van der Waals surface area contributed by atoms with Crippen LogP contribution in [0.25, 0.3) is 0 Å². The Bertz CT molecular complexity index is 574. The Kier molecular flexibility index (Phi) is 4.38. The van der Waals surface area contributed by atoms with Gasteiger partial charge in [-0.25, -0.2) is 9.78 Å². The van der Waals surface area contributed by atoms with Gasteiger partial charge in [-0.2, -0.15) is 0 Å². The number of halogens is 1. The second-order valence-corrected chi connectivity index (χ2v) is 5.40. The van der Waals surface area contributed by atoms with Crippen LogP contribution in [0.2, 0.25) is 0 Å². The molecule has 0 bridgehead atoms. The first-order chi connectivity index (χ1) is 8.66. The van der Waals surface area contributed by atoms with Crippen molar-refractivity contribution in [1.29, 1.82) is 0 Å². The Morgan fingerprint density at radius 1 is 1.33 bits per heavy atom. The molecule has 18 heavy (non-hydrogen) atoms. The van der Waals surface area contributed by atoms with Crippen molar-refractivity contribution >= 4 is 33.7 Å². The van der Waals surface area contributed by atoms with E-state index >= 15 is 0 Å². The van der Waals surface area contributed by atoms with Crippen LogP contribution in [0.15, 0.2) is 52.1 Å². The predicted octanol–water partition coefficient (Wildman–Crippen LogP) is 3.83. The summed E-state index contributed by atoms with van der Waals surface area (Å²) in [7, 11) is 0. The number of hydrogen-bond donors (Lipinski definition) is 1. The highest BCUT2D eigenvalue weighted by Crippen LogP contribution is 2.27. The molecule has 2 rings (SSSR count). The van der Waals surface area contributed by atoms with Gasteiger partial charge in [0.1, 0.15) is 5.03 Å². The van der Waals surface area contributed by atoms with Gasteiger partial charge in [-0.05, 0) is 45.8 Å². The van der Waals surface area contributed by atoms with Gasteiger partial charge in [0.15, 0.2) is 0 Å². The lowest BCUT2D eigenvalue weighted by atomic mass is 10.1. The van der Waals surface area contributed by atoms with E-state index in [1.165, 1.54) is 0 Å². The zero-order valence-corrected chi connectivity index (χ0v) is 11.7. The highest BCUT2D eigenvalue weighted by Gasteiger charge is 2.05. The highest BCUT2D eigenvalue weighted by molar-refractivity contribution is 9.10. The van der Waals surface area contributed by atoms with Crippen molar-refractivity contribution in [3.8, 4) is 0 Å². The third-order valence-corrected chi connectivity index (χ3v) is 4.25. The standard InChI is InChI=1S/C13H10BrNO2S/c14-11-5-2-6-15-12(11)18-8-9-3-1-4-10(7-9)13(16)17/h1-7H,8H2,(H,16,17). The number of thioether (sulfide) groups is 1. The number of nitrogens with zero attached hydrogens (tertiary/aromatic N) is 1. The summed E-state index contributed by atoms with van der Waals surface area (Å²) in [6, 6.07) is 10.7. The molecular formula is C13H10BrNO2S. The second-order valence-electron chi connectivity index (χ2n) is 3.58. The number of rotatable bonds is 4. The summed E-state index contributed by atoms with van der Waals surface area (Å²) >= 11 is 5.00. The van der Waals surface area contributed by atoms with Crippen molar-refractivity contribution < 1.29 is 9.90 Å². The highest BCUT2D eigenvalue weighted by atomic mass is 79.9. The molecule has 2 aromatic rings. The first kappa shape index (κ1) is 13.1. The average molecular weight is 324 g/mol. The smallest absolute Gasteiger partial charge is 0.335 e. The number of benzene rings is 1. The van der Waals surface area contributed by atoms with Crippen LogP contribution in [0, 0.1) is 0 Å². The molecule has 0 aliphatic heterocycles. The van der Waals surface area contributed by atoms with Gasteiger partial charge < -0.3 is 5.11 Å². The van der Waals surface area contributed by atoms with Gasteiger partial charge in [0, 0.05) is 16.4 Å². The zero-order chi connectivity index (χ0) is 13.0. The van der Waals surface area contributed by atoms with E-state index in [1.807, 2.05) is 18.2 Å². The summed E-state index contributed by atoms with van der Waals surface area (Å²) in [6.07, 6.45) is 1.74. The van der Waals surface area contributed by atoms with Crippen LogP contribution in [-0.4, -0.2) is 16.1 Å². The van der Waals surface area contributed by atoms with Crippen LogP contribution in [-0.2, 0) is 5.75 Å². The third kappa shape index (κ3) is 3.34. The van der Waals surface area contributed by atoms with Crippen molar-refractivity contribution in [2.75, 3.05) is 0 Å². The lowest BCUT2D eigenvalue weighted by Crippen LogP contribution is -1.96. The molecule has 0 atom stereocenters. The fourth-order valence-corrected chi connectivity index (χ4v) is 2.85. The maximum absolute atomic E-state index is 10.9. The summed E-state index contributed by atoms with van der Waals surface area (Å²) in [5.74, 6) is -0.211. The third-order valence-electron chi connectivity index (χ3n) is 2.27. The summed E-state index contributed by atoms with van der Waals surface area (Å²) in [5.41, 5.74) is 1.28. The molecule has 3 nitrogen and oxygen atoms in total. The van der Waals surface area contributed by atoms with E-state index in [-0.39, 0.29) is 0 Å². The van der Waals surface area contributed by atoms with Gasteiger partial charge in [-0.15, -0.1) is 11.8 Å². The predicted molar refractivity (Wildman–Crippen MR) is 74.9 cm³/mol. The monoisotopic (exact) mass is 323 g/mol. The number of carboxylic acid groups (broad SMARTS) is 1. The maximum Gasteiger partial charge on any atom is 0.335 e. The van der Waals surface area contributed by atoms with E-state index in [0.29, 0.717) is 11.3 Å². The average Bonchev–Trinajstić information content (AvgIpc) is 2.38. The van der Waals surface area contributed by atoms with Gasteiger partial charge in [0.25, 0.3) is 0 Å². The molecule has 1 aromatic heterocycles. The molecule has 0 unspecified atom stereocenters. The molecule has 1 aromatic carbocycles. The summed E-state index contributed by atoms with van der Waals surface area (Å²) in [5, 5.41) is 9.81. The molecule has 0 radical (unpaired) electrons. The van der Waals surface area contributed by atoms with E-state index in [4.69, 9.17) is 5.11 Å². The first-order valence-corrected chi connectivity index (χ1v) is 7.00. The van der Waals surface area contributed by atoms with E-state index in [0.717, 1.165) is 15.1 Å². The van der Waals surface area contributed by atoms with Crippen molar-refractivity contribution in [2.45, 2.75) is 10.8 Å². The number of aromatic carboxylic acids is 1. The lowest BCUT2D eigenvalue weighted by molar-refractivity contribution is 0.0697. The lowest BCUT2D eigenvalue weighted by Gasteiger charge is -2.04. The van der Waals surface area contributed by atoms with Gasteiger partial charge in [0.05, 0.1) is 5.56 Å². The SMILES string of the molecule is O=C(O)c1cccc(CSc2ncccc2Br)c1. The minimum atomic E-state index is -0.902. The molecule has 1 heterocycles. The van der Waals surface area contributed by atoms with Crippen molar-refractivity contribution in [3.05, 3.63) is 58.2 Å². The van der Waals surface area contributed by atoms with E-state index in [1.54, 1.807) is 36.2 Å². The molecule has 1 N–H and O–H groups in total. The summed E-state index contributed by atoms with van der Waals surface area (Å²) < 4.78 is 0.949. The Morgan fingerprint density at radius 3 is 2.89 bits per heavy atom.